The maximum absolute atomic E-state index is 12.8. The Morgan fingerprint density at radius 3 is 2.96 bits per heavy atom. The molecule has 0 radical (unpaired) electrons. The number of hydrogen-bond donors (Lipinski definition) is 0. The van der Waals surface area contributed by atoms with Gasteiger partial charge in [0.25, 0.3) is 0 Å². The van der Waals surface area contributed by atoms with Crippen LogP contribution in [0.4, 0.5) is 0 Å². The van der Waals surface area contributed by atoms with Crippen molar-refractivity contribution in [2.45, 2.75) is 24.6 Å². The van der Waals surface area contributed by atoms with Gasteiger partial charge >= 0.3 is 0 Å². The number of piperidine rings is 1. The molecular weight excluding hydrogens is 328 g/mol. The summed E-state index contributed by atoms with van der Waals surface area (Å²) in [6.07, 6.45) is 5.35. The minimum atomic E-state index is -3.45. The Labute approximate surface area is 139 Å². The Bertz CT molecular complexity index is 933. The van der Waals surface area contributed by atoms with E-state index in [4.69, 9.17) is 4.52 Å². The number of benzene rings is 1. The lowest BCUT2D eigenvalue weighted by Crippen LogP contribution is -2.41. The molecule has 1 aliphatic rings. The molecule has 0 unspecified atom stereocenters. The van der Waals surface area contributed by atoms with Gasteiger partial charge < -0.3 is 4.52 Å². The third-order valence-electron chi connectivity index (χ3n) is 4.42. The predicted octanol–water partition coefficient (Wildman–Crippen LogP) is 2.19. The van der Waals surface area contributed by atoms with E-state index in [-0.39, 0.29) is 11.8 Å². The second kappa shape index (κ2) is 6.03. The molecule has 0 amide bonds. The zero-order chi connectivity index (χ0) is 16.6. The van der Waals surface area contributed by atoms with Crippen molar-refractivity contribution in [2.24, 2.45) is 0 Å². The molecule has 0 saturated carbocycles. The zero-order valence-corrected chi connectivity index (χ0v) is 13.9. The molecular formula is C16H18N4O3S. The molecule has 2 aromatic heterocycles. The molecule has 1 aliphatic heterocycles. The van der Waals surface area contributed by atoms with Gasteiger partial charge in [-0.05, 0) is 31.0 Å². The van der Waals surface area contributed by atoms with Gasteiger partial charge in [-0.25, -0.2) is 8.42 Å². The van der Waals surface area contributed by atoms with Gasteiger partial charge in [-0.15, -0.1) is 0 Å². The van der Waals surface area contributed by atoms with Crippen molar-refractivity contribution in [1.82, 2.24) is 19.2 Å². The second-order valence-electron chi connectivity index (χ2n) is 6.02. The third kappa shape index (κ3) is 2.83. The molecule has 1 atom stereocenters. The monoisotopic (exact) mass is 346 g/mol. The van der Waals surface area contributed by atoms with E-state index in [2.05, 4.69) is 10.3 Å². The summed E-state index contributed by atoms with van der Waals surface area (Å²) in [4.78, 5) is 0. The minimum absolute atomic E-state index is 0.0811. The first-order valence-electron chi connectivity index (χ1n) is 7.94. The summed E-state index contributed by atoms with van der Waals surface area (Å²) in [7, 11) is -3.45. The average Bonchev–Trinajstić information content (AvgIpc) is 3.25. The van der Waals surface area contributed by atoms with Gasteiger partial charge in [0.05, 0.1) is 6.04 Å². The van der Waals surface area contributed by atoms with Gasteiger partial charge in [-0.1, -0.05) is 17.3 Å². The molecule has 4 rings (SSSR count). The van der Waals surface area contributed by atoms with Crippen molar-refractivity contribution in [3.63, 3.8) is 0 Å². The number of rotatable bonds is 4. The summed E-state index contributed by atoms with van der Waals surface area (Å²) in [6, 6.07) is 9.24. The van der Waals surface area contributed by atoms with Crippen LogP contribution in [0.5, 0.6) is 0 Å². The lowest BCUT2D eigenvalue weighted by Gasteiger charge is -2.31. The van der Waals surface area contributed by atoms with Gasteiger partial charge in [0.1, 0.15) is 11.4 Å². The van der Waals surface area contributed by atoms with E-state index in [1.54, 1.807) is 16.6 Å². The lowest BCUT2D eigenvalue weighted by atomic mass is 10.1. The third-order valence-corrected chi connectivity index (χ3v) is 6.18. The van der Waals surface area contributed by atoms with E-state index in [1.807, 2.05) is 35.1 Å². The van der Waals surface area contributed by atoms with E-state index in [9.17, 15) is 8.42 Å². The van der Waals surface area contributed by atoms with Crippen LogP contribution in [0.3, 0.4) is 0 Å². The number of aromatic nitrogens is 3. The Hall–Kier alpha value is -2.19. The predicted molar refractivity (Wildman–Crippen MR) is 88.7 cm³/mol. The minimum Gasteiger partial charge on any atom is -0.356 e. The molecule has 3 aromatic rings. The highest BCUT2D eigenvalue weighted by atomic mass is 32.2. The average molecular weight is 346 g/mol. The molecule has 126 valence electrons. The molecule has 0 bridgehead atoms. The fourth-order valence-corrected chi connectivity index (χ4v) is 4.74. The Balaban J connectivity index is 1.56. The van der Waals surface area contributed by atoms with Gasteiger partial charge in [0, 0.05) is 30.9 Å². The fraction of sp³-hybridized carbons (Fsp3) is 0.375. The van der Waals surface area contributed by atoms with Crippen molar-refractivity contribution >= 4 is 21.0 Å². The van der Waals surface area contributed by atoms with Crippen molar-refractivity contribution in [3.8, 4) is 0 Å². The van der Waals surface area contributed by atoms with Gasteiger partial charge in [-0.2, -0.15) is 9.40 Å². The van der Waals surface area contributed by atoms with Crippen LogP contribution >= 0.6 is 0 Å². The highest BCUT2D eigenvalue weighted by Gasteiger charge is 2.31. The van der Waals surface area contributed by atoms with Crippen LogP contribution < -0.4 is 0 Å². The highest BCUT2D eigenvalue weighted by Crippen LogP contribution is 2.26. The Kier molecular flexibility index (Phi) is 3.85. The normalized spacial score (nSPS) is 19.8. The number of nitrogens with zero attached hydrogens (tertiary/aromatic N) is 4. The largest absolute Gasteiger partial charge is 0.356 e. The van der Waals surface area contributed by atoms with Gasteiger partial charge in [-0.3, -0.25) is 4.68 Å². The van der Waals surface area contributed by atoms with Crippen molar-refractivity contribution in [3.05, 3.63) is 48.4 Å². The van der Waals surface area contributed by atoms with Crippen molar-refractivity contribution in [2.75, 3.05) is 13.1 Å². The molecule has 8 heteroatoms. The first-order chi connectivity index (χ1) is 11.6. The van der Waals surface area contributed by atoms with E-state index in [0.717, 1.165) is 18.2 Å². The Morgan fingerprint density at radius 1 is 1.25 bits per heavy atom. The summed E-state index contributed by atoms with van der Waals surface area (Å²) in [6.45, 7) is 0.982. The summed E-state index contributed by atoms with van der Waals surface area (Å²) >= 11 is 0. The zero-order valence-electron chi connectivity index (χ0n) is 13.1. The first-order valence-corrected chi connectivity index (χ1v) is 9.55. The second-order valence-corrected chi connectivity index (χ2v) is 7.99. The highest BCUT2D eigenvalue weighted by molar-refractivity contribution is 7.88. The molecule has 0 spiro atoms. The smallest absolute Gasteiger partial charge is 0.220 e. The van der Waals surface area contributed by atoms with Crippen molar-refractivity contribution in [1.29, 1.82) is 0 Å². The molecule has 0 aliphatic carbocycles. The number of para-hydroxylation sites is 1. The van der Waals surface area contributed by atoms with Crippen LogP contribution in [0.2, 0.25) is 0 Å². The maximum atomic E-state index is 12.8. The van der Waals surface area contributed by atoms with Crippen LogP contribution in [0.15, 0.2) is 47.2 Å². The van der Waals surface area contributed by atoms with Crippen LogP contribution in [-0.2, 0) is 15.8 Å². The maximum Gasteiger partial charge on any atom is 0.220 e. The Morgan fingerprint density at radius 2 is 2.12 bits per heavy atom. The van der Waals surface area contributed by atoms with Crippen LogP contribution in [0.25, 0.3) is 11.0 Å². The lowest BCUT2D eigenvalue weighted by molar-refractivity contribution is 0.253. The molecule has 1 aromatic carbocycles. The number of hydrogen-bond acceptors (Lipinski definition) is 5. The molecule has 1 saturated heterocycles. The fourth-order valence-electron chi connectivity index (χ4n) is 3.19. The van der Waals surface area contributed by atoms with E-state index >= 15 is 0 Å². The van der Waals surface area contributed by atoms with Gasteiger partial charge in [0.2, 0.25) is 10.0 Å². The van der Waals surface area contributed by atoms with Crippen molar-refractivity contribution < 1.29 is 12.9 Å². The summed E-state index contributed by atoms with van der Waals surface area (Å²) in [5.74, 6) is -0.143. The van der Waals surface area contributed by atoms with E-state index in [1.165, 1.54) is 0 Å². The molecule has 1 fully saturated rings. The molecule has 24 heavy (non-hydrogen) atoms. The molecule has 0 N–H and O–H groups in total. The summed E-state index contributed by atoms with van der Waals surface area (Å²) in [5, 5.41) is 8.94. The molecule has 7 nitrogen and oxygen atoms in total. The SMILES string of the molecule is O=S(=O)(Cc1noc2ccccc12)N1CCC[C@@H](n2cccn2)C1. The number of fused-ring (bicyclic) bond motifs is 1. The summed E-state index contributed by atoms with van der Waals surface area (Å²) < 4.78 is 34.3. The van der Waals surface area contributed by atoms with E-state index in [0.29, 0.717) is 24.4 Å². The topological polar surface area (TPSA) is 81.2 Å². The molecule has 3 heterocycles. The summed E-state index contributed by atoms with van der Waals surface area (Å²) in [5.41, 5.74) is 1.07. The first kappa shape index (κ1) is 15.3. The number of sulfonamides is 1. The van der Waals surface area contributed by atoms with Gasteiger partial charge in [0.15, 0.2) is 5.58 Å². The van der Waals surface area contributed by atoms with Crippen LogP contribution in [-0.4, -0.2) is 40.7 Å². The van der Waals surface area contributed by atoms with Crippen LogP contribution in [0.1, 0.15) is 24.6 Å². The van der Waals surface area contributed by atoms with Crippen LogP contribution in [0, 0.1) is 0 Å². The standard InChI is InChI=1S/C16H18N4O3S/c21-24(22,12-15-14-6-1-2-7-16(14)23-18-15)19-9-3-5-13(11-19)20-10-4-8-17-20/h1-2,4,6-8,10,13H,3,5,9,11-12H2/t13-/m1/s1. The quantitative estimate of drug-likeness (QED) is 0.723. The van der Waals surface area contributed by atoms with E-state index < -0.39 is 10.0 Å².